The van der Waals surface area contributed by atoms with Gasteiger partial charge in [0, 0.05) is 30.8 Å². The van der Waals surface area contributed by atoms with Gasteiger partial charge in [-0.1, -0.05) is 0 Å². The average molecular weight is 379 g/mol. The number of carbonyl (C=O) groups is 1. The van der Waals surface area contributed by atoms with Crippen LogP contribution in [-0.4, -0.2) is 49.0 Å². The van der Waals surface area contributed by atoms with Crippen LogP contribution in [0.25, 0.3) is 5.69 Å². The predicted octanol–water partition coefficient (Wildman–Crippen LogP) is 2.35. The maximum Gasteiger partial charge on any atom is 0.251 e. The molecule has 7 heteroatoms. The molecular formula is C19H27ClN4O2. The minimum Gasteiger partial charge on any atom is -0.384 e. The quantitative estimate of drug-likeness (QED) is 0.809. The first-order chi connectivity index (χ1) is 12.1. The zero-order valence-corrected chi connectivity index (χ0v) is 16.1. The molecule has 1 amide bonds. The smallest absolute Gasteiger partial charge is 0.251 e. The molecule has 1 saturated heterocycles. The van der Waals surface area contributed by atoms with Gasteiger partial charge >= 0.3 is 0 Å². The van der Waals surface area contributed by atoms with Crippen LogP contribution in [0.15, 0.2) is 36.7 Å². The van der Waals surface area contributed by atoms with Crippen LogP contribution >= 0.6 is 12.4 Å². The Bertz CT molecular complexity index is 703. The number of aryl methyl sites for hydroxylation is 1. The average Bonchev–Trinajstić information content (AvgIpc) is 3.07. The second kappa shape index (κ2) is 9.16. The minimum atomic E-state index is -0.0443. The van der Waals surface area contributed by atoms with Crippen molar-refractivity contribution in [2.24, 2.45) is 5.41 Å². The van der Waals surface area contributed by atoms with Crippen molar-refractivity contribution in [3.8, 4) is 5.69 Å². The Morgan fingerprint density at radius 2 is 2.00 bits per heavy atom. The van der Waals surface area contributed by atoms with Crippen LogP contribution in [0.4, 0.5) is 0 Å². The lowest BCUT2D eigenvalue weighted by Gasteiger charge is -2.37. The Morgan fingerprint density at radius 1 is 1.31 bits per heavy atom. The fourth-order valence-electron chi connectivity index (χ4n) is 3.32. The van der Waals surface area contributed by atoms with E-state index in [-0.39, 0.29) is 23.7 Å². The number of aromatic nitrogens is 2. The molecule has 3 rings (SSSR count). The second-order valence-electron chi connectivity index (χ2n) is 6.87. The lowest BCUT2D eigenvalue weighted by atomic mass is 9.79. The number of amides is 1. The van der Waals surface area contributed by atoms with Crippen molar-refractivity contribution in [2.45, 2.75) is 19.8 Å². The first kappa shape index (κ1) is 20.4. The molecule has 26 heavy (non-hydrogen) atoms. The third-order valence-corrected chi connectivity index (χ3v) is 4.84. The maximum atomic E-state index is 12.5. The van der Waals surface area contributed by atoms with E-state index >= 15 is 0 Å². The van der Waals surface area contributed by atoms with E-state index in [9.17, 15) is 4.79 Å². The summed E-state index contributed by atoms with van der Waals surface area (Å²) in [7, 11) is 1.72. The first-order valence-corrected chi connectivity index (χ1v) is 8.71. The number of rotatable bonds is 6. The van der Waals surface area contributed by atoms with Gasteiger partial charge in [0.05, 0.1) is 18.5 Å². The van der Waals surface area contributed by atoms with Gasteiger partial charge in [0.25, 0.3) is 5.91 Å². The van der Waals surface area contributed by atoms with Crippen molar-refractivity contribution in [1.82, 2.24) is 20.4 Å². The van der Waals surface area contributed by atoms with Gasteiger partial charge in [-0.2, -0.15) is 5.10 Å². The summed E-state index contributed by atoms with van der Waals surface area (Å²) in [6.45, 7) is 5.25. The summed E-state index contributed by atoms with van der Waals surface area (Å²) < 4.78 is 7.21. The van der Waals surface area contributed by atoms with Crippen LogP contribution in [0, 0.1) is 12.3 Å². The van der Waals surface area contributed by atoms with E-state index in [0.717, 1.165) is 37.2 Å². The highest BCUT2D eigenvalue weighted by molar-refractivity contribution is 5.94. The van der Waals surface area contributed by atoms with Crippen molar-refractivity contribution in [2.75, 3.05) is 33.4 Å². The number of piperidine rings is 1. The van der Waals surface area contributed by atoms with E-state index < -0.39 is 0 Å². The monoisotopic (exact) mass is 378 g/mol. The molecule has 0 aliphatic carbocycles. The molecule has 0 saturated carbocycles. The van der Waals surface area contributed by atoms with E-state index in [2.05, 4.69) is 15.7 Å². The standard InChI is InChI=1S/C19H26N4O2.ClH/c1-15-11-22-23(12-15)17-5-3-16(4-6-17)18(24)21-13-19(14-25-2)7-9-20-10-8-19;/h3-6,11-12,20H,7-10,13-14H2,1-2H3,(H,21,24);1H. The van der Waals surface area contributed by atoms with Gasteiger partial charge in [-0.05, 0) is 62.7 Å². The molecule has 1 aliphatic heterocycles. The molecule has 1 aromatic heterocycles. The molecule has 0 radical (unpaired) electrons. The van der Waals surface area contributed by atoms with E-state index in [0.29, 0.717) is 18.7 Å². The highest BCUT2D eigenvalue weighted by atomic mass is 35.5. The van der Waals surface area contributed by atoms with Crippen LogP contribution < -0.4 is 10.6 Å². The number of ether oxygens (including phenoxy) is 1. The highest BCUT2D eigenvalue weighted by Crippen LogP contribution is 2.28. The fourth-order valence-corrected chi connectivity index (χ4v) is 3.32. The Morgan fingerprint density at radius 3 is 2.58 bits per heavy atom. The number of methoxy groups -OCH3 is 1. The van der Waals surface area contributed by atoms with Crippen LogP contribution in [0.5, 0.6) is 0 Å². The van der Waals surface area contributed by atoms with Gasteiger partial charge in [0.1, 0.15) is 0 Å². The number of hydrogen-bond donors (Lipinski definition) is 2. The normalized spacial score (nSPS) is 15.9. The van der Waals surface area contributed by atoms with E-state index in [1.807, 2.05) is 43.6 Å². The number of benzene rings is 1. The van der Waals surface area contributed by atoms with Gasteiger partial charge in [-0.25, -0.2) is 4.68 Å². The Hall–Kier alpha value is -1.89. The summed E-state index contributed by atoms with van der Waals surface area (Å²) in [6.07, 6.45) is 5.80. The van der Waals surface area contributed by atoms with Crippen molar-refractivity contribution < 1.29 is 9.53 Å². The molecule has 0 spiro atoms. The molecule has 2 N–H and O–H groups in total. The zero-order chi connectivity index (χ0) is 17.7. The van der Waals surface area contributed by atoms with Gasteiger partial charge in [0.15, 0.2) is 0 Å². The summed E-state index contributed by atoms with van der Waals surface area (Å²) in [5, 5.41) is 10.7. The number of carbonyl (C=O) groups excluding carboxylic acids is 1. The molecule has 142 valence electrons. The molecule has 2 aromatic rings. The van der Waals surface area contributed by atoms with Crippen LogP contribution in [0.1, 0.15) is 28.8 Å². The third-order valence-electron chi connectivity index (χ3n) is 4.84. The maximum absolute atomic E-state index is 12.5. The summed E-state index contributed by atoms with van der Waals surface area (Å²) >= 11 is 0. The van der Waals surface area contributed by atoms with Crippen molar-refractivity contribution in [3.63, 3.8) is 0 Å². The second-order valence-corrected chi connectivity index (χ2v) is 6.87. The molecular weight excluding hydrogens is 352 g/mol. The summed E-state index contributed by atoms with van der Waals surface area (Å²) in [4.78, 5) is 12.5. The Labute approximate surface area is 160 Å². The van der Waals surface area contributed by atoms with Gasteiger partial charge < -0.3 is 15.4 Å². The predicted molar refractivity (Wildman–Crippen MR) is 104 cm³/mol. The topological polar surface area (TPSA) is 68.2 Å². The lowest BCUT2D eigenvalue weighted by Crippen LogP contribution is -2.47. The first-order valence-electron chi connectivity index (χ1n) is 8.71. The van der Waals surface area contributed by atoms with Gasteiger partial charge in [-0.15, -0.1) is 12.4 Å². The highest BCUT2D eigenvalue weighted by Gasteiger charge is 2.32. The van der Waals surface area contributed by atoms with Crippen LogP contribution in [0.3, 0.4) is 0 Å². The third kappa shape index (κ3) is 4.84. The number of halogens is 1. The summed E-state index contributed by atoms with van der Waals surface area (Å²) in [5.74, 6) is -0.0443. The minimum absolute atomic E-state index is 0. The molecule has 0 bridgehead atoms. The fraction of sp³-hybridized carbons (Fsp3) is 0.474. The zero-order valence-electron chi connectivity index (χ0n) is 15.3. The van der Waals surface area contributed by atoms with Crippen LogP contribution in [0.2, 0.25) is 0 Å². The molecule has 1 aliphatic rings. The number of nitrogens with zero attached hydrogens (tertiary/aromatic N) is 2. The number of nitrogens with one attached hydrogen (secondary N) is 2. The van der Waals surface area contributed by atoms with E-state index in [1.165, 1.54) is 0 Å². The molecule has 1 fully saturated rings. The molecule has 0 atom stereocenters. The molecule has 1 aromatic carbocycles. The SMILES string of the molecule is COCC1(CNC(=O)c2ccc(-n3cc(C)cn3)cc2)CCNCC1.Cl. The lowest BCUT2D eigenvalue weighted by molar-refractivity contribution is 0.0512. The molecule has 6 nitrogen and oxygen atoms in total. The van der Waals surface area contributed by atoms with E-state index in [4.69, 9.17) is 4.74 Å². The van der Waals surface area contributed by atoms with Crippen LogP contribution in [-0.2, 0) is 4.74 Å². The summed E-state index contributed by atoms with van der Waals surface area (Å²) in [6, 6.07) is 7.51. The van der Waals surface area contributed by atoms with Crippen molar-refractivity contribution >= 4 is 18.3 Å². The Kier molecular flexibility index (Phi) is 7.20. The molecule has 0 unspecified atom stereocenters. The van der Waals surface area contributed by atoms with Gasteiger partial charge in [-0.3, -0.25) is 4.79 Å². The molecule has 2 heterocycles. The number of hydrogen-bond acceptors (Lipinski definition) is 4. The van der Waals surface area contributed by atoms with Crippen molar-refractivity contribution in [1.29, 1.82) is 0 Å². The van der Waals surface area contributed by atoms with E-state index in [1.54, 1.807) is 11.8 Å². The van der Waals surface area contributed by atoms with Crippen molar-refractivity contribution in [3.05, 3.63) is 47.8 Å². The Balaban J connectivity index is 0.00000243. The van der Waals surface area contributed by atoms with Gasteiger partial charge in [0.2, 0.25) is 0 Å². The largest absolute Gasteiger partial charge is 0.384 e. The summed E-state index contributed by atoms with van der Waals surface area (Å²) in [5.41, 5.74) is 2.74.